The fourth-order valence-electron chi connectivity index (χ4n) is 4.25. The number of benzene rings is 2. The molecule has 0 radical (unpaired) electrons. The number of hydrogen-bond donors (Lipinski definition) is 0. The summed E-state index contributed by atoms with van der Waals surface area (Å²) in [5.74, 6) is -0.491. The molecule has 1 heterocycles. The van der Waals surface area contributed by atoms with Gasteiger partial charge >= 0.3 is 24.5 Å². The van der Waals surface area contributed by atoms with Gasteiger partial charge in [0, 0.05) is 39.3 Å². The molecular formula is C29H29F9N4O3. The first-order valence-electron chi connectivity index (χ1n) is 13.4. The van der Waals surface area contributed by atoms with Crippen LogP contribution in [0, 0.1) is 0 Å². The Labute approximate surface area is 252 Å². The standard InChI is InChI=1S/C29H29F9N4O3/c1-4-44-25(43)6-5-9-45-23-14-39-26(40-15-23)42(17-19-12-20(27(30,31)32)7-8-24(19)41(2)3)16-18-10-21(28(33,34)35)13-22(11-18)29(36,37)38/h7-8,10-15H,4-6,9,16-17H2,1-3H3. The number of rotatable bonds is 12. The van der Waals surface area contributed by atoms with Crippen molar-refractivity contribution < 1.29 is 53.8 Å². The van der Waals surface area contributed by atoms with Crippen molar-refractivity contribution in [1.82, 2.24) is 9.97 Å². The number of alkyl halides is 9. The Kier molecular flexibility index (Phi) is 11.2. The van der Waals surface area contributed by atoms with Gasteiger partial charge in [-0.15, -0.1) is 0 Å². The molecule has 0 fully saturated rings. The zero-order valence-corrected chi connectivity index (χ0v) is 24.3. The van der Waals surface area contributed by atoms with Crippen LogP contribution in [0.5, 0.6) is 5.75 Å². The second kappa shape index (κ2) is 14.2. The van der Waals surface area contributed by atoms with Crippen LogP contribution in [-0.2, 0) is 41.1 Å². The topological polar surface area (TPSA) is 67.8 Å². The van der Waals surface area contributed by atoms with E-state index >= 15 is 0 Å². The molecule has 0 saturated carbocycles. The Morgan fingerprint density at radius 1 is 0.800 bits per heavy atom. The predicted molar refractivity (Wildman–Crippen MR) is 145 cm³/mol. The van der Waals surface area contributed by atoms with Gasteiger partial charge in [0.2, 0.25) is 5.95 Å². The first kappa shape index (κ1) is 35.2. The first-order valence-corrected chi connectivity index (χ1v) is 13.4. The molecule has 0 saturated heterocycles. The number of halogens is 9. The molecule has 3 rings (SSSR count). The maximum Gasteiger partial charge on any atom is 0.416 e. The number of aromatic nitrogens is 2. The number of hydrogen-bond acceptors (Lipinski definition) is 7. The van der Waals surface area contributed by atoms with Gasteiger partial charge in [-0.3, -0.25) is 4.79 Å². The molecule has 0 bridgehead atoms. The molecular weight excluding hydrogens is 623 g/mol. The van der Waals surface area contributed by atoms with Crippen LogP contribution in [0.4, 0.5) is 51.1 Å². The van der Waals surface area contributed by atoms with Crippen molar-refractivity contribution in [3.63, 3.8) is 0 Å². The molecule has 0 aliphatic carbocycles. The third-order valence-corrected chi connectivity index (χ3v) is 6.27. The zero-order chi connectivity index (χ0) is 33.6. The Balaban J connectivity index is 2.01. The maximum atomic E-state index is 13.6. The number of nitrogens with zero attached hydrogens (tertiary/aromatic N) is 4. The number of anilines is 2. The van der Waals surface area contributed by atoms with Gasteiger partial charge in [-0.1, -0.05) is 0 Å². The first-order chi connectivity index (χ1) is 20.9. The molecule has 0 aliphatic heterocycles. The van der Waals surface area contributed by atoms with Crippen LogP contribution in [0.3, 0.4) is 0 Å². The minimum atomic E-state index is -5.11. The summed E-state index contributed by atoms with van der Waals surface area (Å²) in [6, 6.07) is 3.95. The van der Waals surface area contributed by atoms with E-state index in [2.05, 4.69) is 9.97 Å². The second-order valence-corrected chi connectivity index (χ2v) is 9.98. The molecule has 0 spiro atoms. The summed E-state index contributed by atoms with van der Waals surface area (Å²) in [5, 5.41) is 0. The molecule has 0 amide bonds. The average Bonchev–Trinajstić information content (AvgIpc) is 2.94. The van der Waals surface area contributed by atoms with Crippen LogP contribution < -0.4 is 14.5 Å². The fourth-order valence-corrected chi connectivity index (χ4v) is 4.25. The largest absolute Gasteiger partial charge is 0.490 e. The molecule has 2 aromatic carbocycles. The van der Waals surface area contributed by atoms with E-state index in [1.807, 2.05) is 0 Å². The average molecular weight is 653 g/mol. The van der Waals surface area contributed by atoms with Crippen LogP contribution in [-0.4, -0.2) is 43.2 Å². The van der Waals surface area contributed by atoms with E-state index in [1.165, 1.54) is 23.4 Å². The van der Waals surface area contributed by atoms with Gasteiger partial charge in [-0.2, -0.15) is 39.5 Å². The molecule has 16 heteroatoms. The highest BCUT2D eigenvalue weighted by Crippen LogP contribution is 2.38. The highest BCUT2D eigenvalue weighted by molar-refractivity contribution is 5.69. The van der Waals surface area contributed by atoms with E-state index in [4.69, 9.17) is 9.47 Å². The van der Waals surface area contributed by atoms with E-state index < -0.39 is 59.8 Å². The number of ether oxygens (including phenoxy) is 2. The van der Waals surface area contributed by atoms with Gasteiger partial charge < -0.3 is 19.3 Å². The summed E-state index contributed by atoms with van der Waals surface area (Å²) in [7, 11) is 3.12. The number of carbonyl (C=O) groups is 1. The molecule has 1 aromatic heterocycles. The summed E-state index contributed by atoms with van der Waals surface area (Å²) in [6.45, 7) is 0.907. The summed E-state index contributed by atoms with van der Waals surface area (Å²) in [4.78, 5) is 22.4. The fraction of sp³-hybridized carbons (Fsp3) is 0.414. The van der Waals surface area contributed by atoms with Gasteiger partial charge in [0.15, 0.2) is 5.75 Å². The van der Waals surface area contributed by atoms with Crippen molar-refractivity contribution in [3.05, 3.63) is 76.6 Å². The summed E-state index contributed by atoms with van der Waals surface area (Å²) < 4.78 is 132. The third kappa shape index (κ3) is 10.1. The maximum absolute atomic E-state index is 13.6. The van der Waals surface area contributed by atoms with Gasteiger partial charge in [0.05, 0.1) is 42.3 Å². The highest BCUT2D eigenvalue weighted by atomic mass is 19.4. The van der Waals surface area contributed by atoms with Crippen LogP contribution in [0.25, 0.3) is 0 Å². The summed E-state index contributed by atoms with van der Waals surface area (Å²) >= 11 is 0. The van der Waals surface area contributed by atoms with Crippen LogP contribution in [0.15, 0.2) is 48.8 Å². The normalized spacial score (nSPS) is 12.2. The Morgan fingerprint density at radius 2 is 1.38 bits per heavy atom. The van der Waals surface area contributed by atoms with Gasteiger partial charge in [-0.05, 0) is 60.9 Å². The lowest BCUT2D eigenvalue weighted by Crippen LogP contribution is -2.26. The smallest absolute Gasteiger partial charge is 0.416 e. The minimum Gasteiger partial charge on any atom is -0.490 e. The molecule has 0 atom stereocenters. The SMILES string of the molecule is CCOC(=O)CCCOc1cnc(N(Cc2cc(C(F)(F)F)cc(C(F)(F)F)c2)Cc2cc(C(F)(F)F)ccc2N(C)C)nc1. The van der Waals surface area contributed by atoms with Crippen molar-refractivity contribution in [1.29, 1.82) is 0 Å². The van der Waals surface area contributed by atoms with Crippen molar-refractivity contribution in [2.24, 2.45) is 0 Å². The Morgan fingerprint density at radius 3 is 1.89 bits per heavy atom. The van der Waals surface area contributed by atoms with Gasteiger partial charge in [0.25, 0.3) is 0 Å². The van der Waals surface area contributed by atoms with E-state index in [0.717, 1.165) is 17.0 Å². The van der Waals surface area contributed by atoms with Crippen molar-refractivity contribution >= 4 is 17.6 Å². The highest BCUT2D eigenvalue weighted by Gasteiger charge is 2.37. The lowest BCUT2D eigenvalue weighted by molar-refractivity contribution is -0.144. The van der Waals surface area contributed by atoms with Crippen molar-refractivity contribution in [3.8, 4) is 5.75 Å². The molecule has 0 aliphatic rings. The van der Waals surface area contributed by atoms with Gasteiger partial charge in [0.1, 0.15) is 0 Å². The second-order valence-electron chi connectivity index (χ2n) is 9.98. The molecule has 0 N–H and O–H groups in total. The van der Waals surface area contributed by atoms with Crippen LogP contribution >= 0.6 is 0 Å². The minimum absolute atomic E-state index is 0.0185. The summed E-state index contributed by atoms with van der Waals surface area (Å²) in [5.41, 5.74) is -4.16. The van der Waals surface area contributed by atoms with E-state index in [1.54, 1.807) is 21.0 Å². The number of carbonyl (C=O) groups excluding carboxylic acids is 1. The monoisotopic (exact) mass is 652 g/mol. The molecule has 45 heavy (non-hydrogen) atoms. The zero-order valence-electron chi connectivity index (χ0n) is 24.3. The van der Waals surface area contributed by atoms with E-state index in [-0.39, 0.29) is 43.0 Å². The lowest BCUT2D eigenvalue weighted by Gasteiger charge is -2.27. The quantitative estimate of drug-likeness (QED) is 0.114. The predicted octanol–water partition coefficient (Wildman–Crippen LogP) is 7.53. The number of esters is 1. The molecule has 3 aromatic rings. The third-order valence-electron chi connectivity index (χ3n) is 6.27. The van der Waals surface area contributed by atoms with Crippen molar-refractivity contribution in [2.75, 3.05) is 37.1 Å². The van der Waals surface area contributed by atoms with Crippen LogP contribution in [0.1, 0.15) is 47.6 Å². The molecule has 7 nitrogen and oxygen atoms in total. The molecule has 246 valence electrons. The Bertz CT molecular complexity index is 1410. The molecule has 0 unspecified atom stereocenters. The van der Waals surface area contributed by atoms with Crippen LogP contribution in [0.2, 0.25) is 0 Å². The van der Waals surface area contributed by atoms with Gasteiger partial charge in [-0.25, -0.2) is 9.97 Å². The Hall–Kier alpha value is -4.24. The van der Waals surface area contributed by atoms with E-state index in [0.29, 0.717) is 24.2 Å². The lowest BCUT2D eigenvalue weighted by atomic mass is 10.0. The van der Waals surface area contributed by atoms with E-state index in [9.17, 15) is 44.3 Å². The van der Waals surface area contributed by atoms with Crippen molar-refractivity contribution in [2.45, 2.75) is 51.4 Å². The summed E-state index contributed by atoms with van der Waals surface area (Å²) in [6.07, 6.45) is -12.2.